The van der Waals surface area contributed by atoms with Crippen LogP contribution in [0.2, 0.25) is 0 Å². The molecular formula is C13H12FN3O2. The van der Waals surface area contributed by atoms with Gasteiger partial charge in [0, 0.05) is 12.1 Å². The Kier molecular flexibility index (Phi) is 4.02. The van der Waals surface area contributed by atoms with Crippen molar-refractivity contribution in [1.29, 1.82) is 0 Å². The molecule has 0 saturated heterocycles. The maximum Gasteiger partial charge on any atom is 0.305 e. The van der Waals surface area contributed by atoms with Crippen molar-refractivity contribution in [2.75, 3.05) is 11.9 Å². The average Bonchev–Trinajstić information content (AvgIpc) is 2.40. The lowest BCUT2D eigenvalue weighted by Gasteiger charge is -2.05. The number of anilines is 1. The molecule has 0 aliphatic heterocycles. The largest absolute Gasteiger partial charge is 0.481 e. The van der Waals surface area contributed by atoms with E-state index in [1.807, 2.05) is 0 Å². The number of nitrogens with zero attached hydrogens (tertiary/aromatic N) is 2. The molecule has 0 aliphatic carbocycles. The quantitative estimate of drug-likeness (QED) is 0.862. The van der Waals surface area contributed by atoms with Crippen molar-refractivity contribution in [3.05, 3.63) is 42.2 Å². The molecule has 5 nitrogen and oxygen atoms in total. The number of hydrogen-bond donors (Lipinski definition) is 2. The summed E-state index contributed by atoms with van der Waals surface area (Å²) in [6.07, 6.45) is -0.00323. The molecule has 0 fully saturated rings. The predicted octanol–water partition coefficient (Wildman–Crippen LogP) is 2.17. The molecule has 0 amide bonds. The van der Waals surface area contributed by atoms with E-state index < -0.39 is 5.97 Å². The third-order valence-electron chi connectivity index (χ3n) is 2.46. The molecule has 1 aromatic heterocycles. The Morgan fingerprint density at radius 1 is 1.21 bits per heavy atom. The summed E-state index contributed by atoms with van der Waals surface area (Å²) in [5.41, 5.74) is 0.814. The van der Waals surface area contributed by atoms with E-state index >= 15 is 0 Å². The van der Waals surface area contributed by atoms with Gasteiger partial charge in [-0.3, -0.25) is 4.79 Å². The van der Waals surface area contributed by atoms with E-state index in [9.17, 15) is 9.18 Å². The summed E-state index contributed by atoms with van der Waals surface area (Å²) in [5, 5.41) is 19.1. The van der Waals surface area contributed by atoms with Gasteiger partial charge in [-0.2, -0.15) is 0 Å². The van der Waals surface area contributed by atoms with E-state index in [4.69, 9.17) is 5.11 Å². The zero-order valence-corrected chi connectivity index (χ0v) is 10.0. The zero-order valence-electron chi connectivity index (χ0n) is 10.0. The van der Waals surface area contributed by atoms with Gasteiger partial charge in [-0.1, -0.05) is 12.1 Å². The van der Waals surface area contributed by atoms with E-state index in [2.05, 4.69) is 15.5 Å². The summed E-state index contributed by atoms with van der Waals surface area (Å²) in [7, 11) is 0. The SMILES string of the molecule is O=C(O)CCNc1ccc(-c2ccccc2F)nn1. The Hall–Kier alpha value is -2.50. The number of carbonyl (C=O) groups is 1. The minimum atomic E-state index is -0.886. The monoisotopic (exact) mass is 261 g/mol. The second-order valence-corrected chi connectivity index (χ2v) is 3.85. The number of rotatable bonds is 5. The van der Waals surface area contributed by atoms with Gasteiger partial charge in [-0.25, -0.2) is 4.39 Å². The summed E-state index contributed by atoms with van der Waals surface area (Å²) >= 11 is 0. The molecule has 0 bridgehead atoms. The van der Waals surface area contributed by atoms with Crippen LogP contribution < -0.4 is 5.32 Å². The molecule has 98 valence electrons. The van der Waals surface area contributed by atoms with E-state index in [1.165, 1.54) is 6.07 Å². The first-order valence-electron chi connectivity index (χ1n) is 5.71. The maximum atomic E-state index is 13.5. The first-order valence-corrected chi connectivity index (χ1v) is 5.71. The van der Waals surface area contributed by atoms with Crippen LogP contribution in [0.1, 0.15) is 6.42 Å². The first kappa shape index (κ1) is 12.9. The van der Waals surface area contributed by atoms with E-state index in [1.54, 1.807) is 30.3 Å². The molecule has 0 aliphatic rings. The molecule has 19 heavy (non-hydrogen) atoms. The molecular weight excluding hydrogens is 249 g/mol. The Bertz CT molecular complexity index is 572. The van der Waals surface area contributed by atoms with Gasteiger partial charge in [-0.05, 0) is 24.3 Å². The number of benzene rings is 1. The lowest BCUT2D eigenvalue weighted by atomic mass is 10.1. The number of nitrogens with one attached hydrogen (secondary N) is 1. The molecule has 0 unspecified atom stereocenters. The highest BCUT2D eigenvalue weighted by atomic mass is 19.1. The van der Waals surface area contributed by atoms with Gasteiger partial charge in [0.15, 0.2) is 0 Å². The number of aliphatic carboxylic acids is 1. The average molecular weight is 261 g/mol. The molecule has 0 atom stereocenters. The number of hydrogen-bond acceptors (Lipinski definition) is 4. The molecule has 2 aromatic rings. The molecule has 2 rings (SSSR count). The smallest absolute Gasteiger partial charge is 0.305 e. The number of carboxylic acids is 1. The minimum Gasteiger partial charge on any atom is -0.481 e. The highest BCUT2D eigenvalue weighted by molar-refractivity contribution is 5.67. The first-order chi connectivity index (χ1) is 9.16. The van der Waals surface area contributed by atoms with Gasteiger partial charge in [0.05, 0.1) is 12.1 Å². The molecule has 0 spiro atoms. The van der Waals surface area contributed by atoms with Crippen molar-refractivity contribution >= 4 is 11.8 Å². The van der Waals surface area contributed by atoms with Crippen LogP contribution in [0.5, 0.6) is 0 Å². The molecule has 0 radical (unpaired) electrons. The fourth-order valence-electron chi connectivity index (χ4n) is 1.54. The Labute approximate surface area is 109 Å². The van der Waals surface area contributed by atoms with Crippen molar-refractivity contribution in [1.82, 2.24) is 10.2 Å². The number of carboxylic acid groups (broad SMARTS) is 1. The normalized spacial score (nSPS) is 10.2. The van der Waals surface area contributed by atoms with E-state index in [0.717, 1.165) is 0 Å². The molecule has 1 aromatic carbocycles. The highest BCUT2D eigenvalue weighted by Gasteiger charge is 2.06. The molecule has 6 heteroatoms. The Balaban J connectivity index is 2.06. The van der Waals surface area contributed by atoms with Gasteiger partial charge in [-0.15, -0.1) is 10.2 Å². The lowest BCUT2D eigenvalue weighted by Crippen LogP contribution is -2.09. The summed E-state index contributed by atoms with van der Waals surface area (Å²) in [6, 6.07) is 9.57. The van der Waals surface area contributed by atoms with Gasteiger partial charge >= 0.3 is 5.97 Å². The van der Waals surface area contributed by atoms with Gasteiger partial charge in [0.2, 0.25) is 0 Å². The second kappa shape index (κ2) is 5.90. The Morgan fingerprint density at radius 3 is 2.63 bits per heavy atom. The van der Waals surface area contributed by atoms with Crippen LogP contribution in [-0.2, 0) is 4.79 Å². The maximum absolute atomic E-state index is 13.5. The van der Waals surface area contributed by atoms with Crippen LogP contribution in [0, 0.1) is 5.82 Å². The van der Waals surface area contributed by atoms with E-state index in [0.29, 0.717) is 17.1 Å². The predicted molar refractivity (Wildman–Crippen MR) is 68.2 cm³/mol. The fraction of sp³-hybridized carbons (Fsp3) is 0.154. The third kappa shape index (κ3) is 3.48. The van der Waals surface area contributed by atoms with Crippen LogP contribution in [0.4, 0.5) is 10.2 Å². The highest BCUT2D eigenvalue weighted by Crippen LogP contribution is 2.20. The van der Waals surface area contributed by atoms with Crippen LogP contribution in [0.25, 0.3) is 11.3 Å². The van der Waals surface area contributed by atoms with Crippen molar-refractivity contribution in [2.24, 2.45) is 0 Å². The standard InChI is InChI=1S/C13H12FN3O2/c14-10-4-2-1-3-9(10)11-5-6-12(17-16-11)15-8-7-13(18)19/h1-6H,7-8H2,(H,15,17)(H,18,19). The number of aromatic nitrogens is 2. The van der Waals surface area contributed by atoms with Gasteiger partial charge in [0.25, 0.3) is 0 Å². The van der Waals surface area contributed by atoms with Crippen LogP contribution in [0.3, 0.4) is 0 Å². The minimum absolute atomic E-state index is 0.00323. The molecule has 0 saturated carbocycles. The summed E-state index contributed by atoms with van der Waals surface area (Å²) in [6.45, 7) is 0.267. The van der Waals surface area contributed by atoms with Crippen LogP contribution >= 0.6 is 0 Å². The summed E-state index contributed by atoms with van der Waals surface area (Å²) in [5.74, 6) is -0.784. The van der Waals surface area contributed by atoms with Crippen LogP contribution in [0.15, 0.2) is 36.4 Å². The third-order valence-corrected chi connectivity index (χ3v) is 2.46. The van der Waals surface area contributed by atoms with Crippen LogP contribution in [-0.4, -0.2) is 27.8 Å². The zero-order chi connectivity index (χ0) is 13.7. The Morgan fingerprint density at radius 2 is 2.00 bits per heavy atom. The topological polar surface area (TPSA) is 75.1 Å². The van der Waals surface area contributed by atoms with Crippen molar-refractivity contribution in [3.8, 4) is 11.3 Å². The summed E-state index contributed by atoms with van der Waals surface area (Å²) < 4.78 is 13.5. The fourth-order valence-corrected chi connectivity index (χ4v) is 1.54. The van der Waals surface area contributed by atoms with Crippen molar-refractivity contribution in [3.63, 3.8) is 0 Å². The molecule has 1 heterocycles. The number of halogens is 1. The van der Waals surface area contributed by atoms with Gasteiger partial charge in [0.1, 0.15) is 11.6 Å². The second-order valence-electron chi connectivity index (χ2n) is 3.85. The lowest BCUT2D eigenvalue weighted by molar-refractivity contribution is -0.136. The van der Waals surface area contributed by atoms with Crippen molar-refractivity contribution in [2.45, 2.75) is 6.42 Å². The molecule has 2 N–H and O–H groups in total. The van der Waals surface area contributed by atoms with E-state index in [-0.39, 0.29) is 18.8 Å². The van der Waals surface area contributed by atoms with Crippen molar-refractivity contribution < 1.29 is 14.3 Å². The summed E-state index contributed by atoms with van der Waals surface area (Å²) in [4.78, 5) is 10.3. The van der Waals surface area contributed by atoms with Gasteiger partial charge < -0.3 is 10.4 Å².